The van der Waals surface area contributed by atoms with Crippen molar-refractivity contribution in [1.29, 1.82) is 0 Å². The summed E-state index contributed by atoms with van der Waals surface area (Å²) >= 11 is 0. The first-order valence-corrected chi connectivity index (χ1v) is 6.37. The van der Waals surface area contributed by atoms with E-state index >= 15 is 0 Å². The SMILES string of the molecule is Cc1ccc(-c2ncc(-c3cccc(F)c3)cn2)cc1. The van der Waals surface area contributed by atoms with Crippen LogP contribution in [-0.2, 0) is 0 Å². The molecule has 0 radical (unpaired) electrons. The summed E-state index contributed by atoms with van der Waals surface area (Å²) in [4.78, 5) is 8.70. The molecule has 0 aliphatic rings. The number of nitrogens with zero attached hydrogens (tertiary/aromatic N) is 2. The van der Waals surface area contributed by atoms with Crippen LogP contribution in [0.5, 0.6) is 0 Å². The minimum atomic E-state index is -0.259. The summed E-state index contributed by atoms with van der Waals surface area (Å²) in [6.07, 6.45) is 3.44. The molecule has 0 spiro atoms. The molecule has 1 heterocycles. The van der Waals surface area contributed by atoms with Crippen LogP contribution >= 0.6 is 0 Å². The van der Waals surface area contributed by atoms with Gasteiger partial charge in [0, 0.05) is 23.5 Å². The summed E-state index contributed by atoms with van der Waals surface area (Å²) in [6.45, 7) is 2.04. The molecular weight excluding hydrogens is 251 g/mol. The Morgan fingerprint density at radius 3 is 2.15 bits per heavy atom. The van der Waals surface area contributed by atoms with Crippen molar-refractivity contribution < 1.29 is 4.39 Å². The summed E-state index contributed by atoms with van der Waals surface area (Å²) in [5.41, 5.74) is 3.76. The summed E-state index contributed by atoms with van der Waals surface area (Å²) in [5, 5.41) is 0. The second kappa shape index (κ2) is 5.21. The Labute approximate surface area is 117 Å². The van der Waals surface area contributed by atoms with Crippen molar-refractivity contribution in [2.45, 2.75) is 6.92 Å². The van der Waals surface area contributed by atoms with Gasteiger partial charge < -0.3 is 0 Å². The lowest BCUT2D eigenvalue weighted by Crippen LogP contribution is -1.90. The van der Waals surface area contributed by atoms with Crippen LogP contribution in [0.25, 0.3) is 22.5 Å². The zero-order chi connectivity index (χ0) is 13.9. The molecule has 98 valence electrons. The maximum atomic E-state index is 13.2. The Hall–Kier alpha value is -2.55. The van der Waals surface area contributed by atoms with Gasteiger partial charge in [0.25, 0.3) is 0 Å². The number of benzene rings is 2. The molecule has 2 nitrogen and oxygen atoms in total. The van der Waals surface area contributed by atoms with Crippen molar-refractivity contribution in [2.75, 3.05) is 0 Å². The van der Waals surface area contributed by atoms with Gasteiger partial charge >= 0.3 is 0 Å². The fourth-order valence-corrected chi connectivity index (χ4v) is 2.00. The van der Waals surface area contributed by atoms with Crippen LogP contribution in [0.1, 0.15) is 5.56 Å². The summed E-state index contributed by atoms with van der Waals surface area (Å²) in [7, 11) is 0. The van der Waals surface area contributed by atoms with Gasteiger partial charge in [-0.3, -0.25) is 0 Å². The van der Waals surface area contributed by atoms with E-state index in [2.05, 4.69) is 9.97 Å². The predicted molar refractivity (Wildman–Crippen MR) is 77.6 cm³/mol. The second-order valence-corrected chi connectivity index (χ2v) is 4.67. The zero-order valence-corrected chi connectivity index (χ0v) is 11.0. The lowest BCUT2D eigenvalue weighted by molar-refractivity contribution is 0.628. The first-order valence-electron chi connectivity index (χ1n) is 6.37. The molecule has 3 heteroatoms. The zero-order valence-electron chi connectivity index (χ0n) is 11.0. The summed E-state index contributed by atoms with van der Waals surface area (Å²) in [5.74, 6) is 0.412. The lowest BCUT2D eigenvalue weighted by Gasteiger charge is -2.04. The molecule has 0 amide bonds. The van der Waals surface area contributed by atoms with E-state index in [1.807, 2.05) is 37.3 Å². The van der Waals surface area contributed by atoms with Crippen LogP contribution in [0.15, 0.2) is 60.9 Å². The number of hydrogen-bond acceptors (Lipinski definition) is 2. The van der Waals surface area contributed by atoms with Gasteiger partial charge in [0.15, 0.2) is 5.82 Å². The third-order valence-corrected chi connectivity index (χ3v) is 3.12. The Kier molecular flexibility index (Phi) is 3.25. The predicted octanol–water partition coefficient (Wildman–Crippen LogP) is 4.26. The van der Waals surface area contributed by atoms with Crippen molar-refractivity contribution in [1.82, 2.24) is 9.97 Å². The van der Waals surface area contributed by atoms with E-state index in [4.69, 9.17) is 0 Å². The van der Waals surface area contributed by atoms with E-state index in [0.29, 0.717) is 5.82 Å². The largest absolute Gasteiger partial charge is 0.236 e. The third-order valence-electron chi connectivity index (χ3n) is 3.12. The first kappa shape index (κ1) is 12.5. The van der Waals surface area contributed by atoms with Crippen LogP contribution in [0.4, 0.5) is 4.39 Å². The molecule has 0 saturated heterocycles. The Balaban J connectivity index is 1.93. The Morgan fingerprint density at radius 1 is 0.800 bits per heavy atom. The molecule has 20 heavy (non-hydrogen) atoms. The molecule has 3 aromatic rings. The maximum absolute atomic E-state index is 13.2. The average molecular weight is 264 g/mol. The fourth-order valence-electron chi connectivity index (χ4n) is 2.00. The number of rotatable bonds is 2. The van der Waals surface area contributed by atoms with Crippen molar-refractivity contribution in [2.24, 2.45) is 0 Å². The van der Waals surface area contributed by atoms with Gasteiger partial charge in [-0.1, -0.05) is 42.0 Å². The molecule has 2 aromatic carbocycles. The van der Waals surface area contributed by atoms with Crippen molar-refractivity contribution in [3.63, 3.8) is 0 Å². The minimum Gasteiger partial charge on any atom is -0.236 e. The Bertz CT molecular complexity index is 719. The first-order chi connectivity index (χ1) is 9.72. The normalized spacial score (nSPS) is 10.5. The van der Waals surface area contributed by atoms with Crippen molar-refractivity contribution in [3.05, 3.63) is 72.3 Å². The molecule has 0 fully saturated rings. The molecule has 0 atom stereocenters. The lowest BCUT2D eigenvalue weighted by atomic mass is 10.1. The van der Waals surface area contributed by atoms with Crippen molar-refractivity contribution >= 4 is 0 Å². The van der Waals surface area contributed by atoms with Crippen LogP contribution in [0.3, 0.4) is 0 Å². The minimum absolute atomic E-state index is 0.259. The number of halogens is 1. The highest BCUT2D eigenvalue weighted by atomic mass is 19.1. The highest BCUT2D eigenvalue weighted by Crippen LogP contribution is 2.21. The molecule has 0 bridgehead atoms. The quantitative estimate of drug-likeness (QED) is 0.691. The van der Waals surface area contributed by atoms with Gasteiger partial charge in [-0.2, -0.15) is 0 Å². The van der Waals surface area contributed by atoms with Gasteiger partial charge in [0.05, 0.1) is 0 Å². The number of hydrogen-bond donors (Lipinski definition) is 0. The average Bonchev–Trinajstić information content (AvgIpc) is 2.48. The fraction of sp³-hybridized carbons (Fsp3) is 0.0588. The van der Waals surface area contributed by atoms with Crippen LogP contribution < -0.4 is 0 Å². The second-order valence-electron chi connectivity index (χ2n) is 4.67. The standard InChI is InChI=1S/C17H13FN2/c1-12-5-7-13(8-6-12)17-19-10-15(11-20-17)14-3-2-4-16(18)9-14/h2-11H,1H3. The maximum Gasteiger partial charge on any atom is 0.159 e. The van der Waals surface area contributed by atoms with Gasteiger partial charge in [-0.25, -0.2) is 14.4 Å². The molecule has 0 aliphatic carbocycles. The highest BCUT2D eigenvalue weighted by molar-refractivity contribution is 5.63. The molecule has 3 rings (SSSR count). The van der Waals surface area contributed by atoms with Gasteiger partial charge in [-0.15, -0.1) is 0 Å². The van der Waals surface area contributed by atoms with E-state index in [1.54, 1.807) is 18.5 Å². The number of aromatic nitrogens is 2. The molecule has 0 unspecified atom stereocenters. The number of aryl methyl sites for hydroxylation is 1. The molecule has 0 saturated carbocycles. The summed E-state index contributed by atoms with van der Waals surface area (Å²) in [6, 6.07) is 14.5. The molecule has 0 aliphatic heterocycles. The van der Waals surface area contributed by atoms with Gasteiger partial charge in [0.2, 0.25) is 0 Å². The monoisotopic (exact) mass is 264 g/mol. The summed E-state index contributed by atoms with van der Waals surface area (Å²) < 4.78 is 13.2. The van der Waals surface area contributed by atoms with Crippen LogP contribution in [0, 0.1) is 12.7 Å². The molecule has 0 N–H and O–H groups in total. The van der Waals surface area contributed by atoms with Crippen LogP contribution in [0.2, 0.25) is 0 Å². The van der Waals surface area contributed by atoms with Gasteiger partial charge in [-0.05, 0) is 24.6 Å². The van der Waals surface area contributed by atoms with E-state index in [1.165, 1.54) is 17.7 Å². The Morgan fingerprint density at radius 2 is 1.50 bits per heavy atom. The van der Waals surface area contributed by atoms with E-state index in [-0.39, 0.29) is 5.82 Å². The smallest absolute Gasteiger partial charge is 0.159 e. The highest BCUT2D eigenvalue weighted by Gasteiger charge is 2.03. The van der Waals surface area contributed by atoms with Crippen LogP contribution in [-0.4, -0.2) is 9.97 Å². The van der Waals surface area contributed by atoms with E-state index in [0.717, 1.165) is 16.7 Å². The molecule has 1 aromatic heterocycles. The topological polar surface area (TPSA) is 25.8 Å². The van der Waals surface area contributed by atoms with E-state index in [9.17, 15) is 4.39 Å². The van der Waals surface area contributed by atoms with Gasteiger partial charge in [0.1, 0.15) is 5.82 Å². The van der Waals surface area contributed by atoms with E-state index < -0.39 is 0 Å². The van der Waals surface area contributed by atoms with Crippen molar-refractivity contribution in [3.8, 4) is 22.5 Å². The third kappa shape index (κ3) is 2.57. The molecular formula is C17H13FN2.